The number of benzene rings is 1. The number of aliphatic imine (C=N–C) groups is 1. The third-order valence-electron chi connectivity index (χ3n) is 5.34. The van der Waals surface area contributed by atoms with E-state index >= 15 is 0 Å². The molecule has 0 radical (unpaired) electrons. The molecule has 140 valence electrons. The summed E-state index contributed by atoms with van der Waals surface area (Å²) in [6, 6.07) is 10.7. The van der Waals surface area contributed by atoms with Gasteiger partial charge in [-0.15, -0.1) is 0 Å². The fourth-order valence-corrected chi connectivity index (χ4v) is 3.69. The lowest BCUT2D eigenvalue weighted by Gasteiger charge is -2.39. The summed E-state index contributed by atoms with van der Waals surface area (Å²) in [5, 5.41) is 11.1. The van der Waals surface area contributed by atoms with Crippen LogP contribution in [0.5, 0.6) is 0 Å². The third-order valence-corrected chi connectivity index (χ3v) is 5.34. The molecule has 0 amide bonds. The quantitative estimate of drug-likeness (QED) is 0.637. The van der Waals surface area contributed by atoms with Crippen molar-refractivity contribution in [1.82, 2.24) is 20.4 Å². The largest absolute Gasteiger partial charge is 0.381 e. The van der Waals surface area contributed by atoms with Gasteiger partial charge in [0.1, 0.15) is 0 Å². The Morgan fingerprint density at radius 1 is 1.23 bits per heavy atom. The van der Waals surface area contributed by atoms with Crippen LogP contribution in [-0.2, 0) is 23.7 Å². The normalized spacial score (nSPS) is 17.1. The van der Waals surface area contributed by atoms with Crippen LogP contribution < -0.4 is 10.6 Å². The molecule has 2 aromatic rings. The van der Waals surface area contributed by atoms with Crippen LogP contribution in [0, 0.1) is 6.92 Å². The van der Waals surface area contributed by atoms with Crippen LogP contribution in [0.15, 0.2) is 41.5 Å². The summed E-state index contributed by atoms with van der Waals surface area (Å²) < 4.78 is 7.51. The second-order valence-corrected chi connectivity index (χ2v) is 6.93. The molecule has 26 heavy (non-hydrogen) atoms. The first-order valence-electron chi connectivity index (χ1n) is 9.20. The van der Waals surface area contributed by atoms with Gasteiger partial charge in [0.15, 0.2) is 5.96 Å². The number of guanidine groups is 1. The number of ether oxygens (including phenoxy) is 1. The second-order valence-electron chi connectivity index (χ2n) is 6.93. The van der Waals surface area contributed by atoms with Crippen molar-refractivity contribution in [2.24, 2.45) is 12.0 Å². The SMILES string of the molecule is CN=C(NCc1ccnn1C)NCC1(c2ccccc2C)CCOCC1. The van der Waals surface area contributed by atoms with Crippen molar-refractivity contribution >= 4 is 5.96 Å². The molecule has 0 atom stereocenters. The van der Waals surface area contributed by atoms with E-state index < -0.39 is 0 Å². The summed E-state index contributed by atoms with van der Waals surface area (Å²) in [6.07, 6.45) is 3.84. The molecular weight excluding hydrogens is 326 g/mol. The maximum Gasteiger partial charge on any atom is 0.191 e. The van der Waals surface area contributed by atoms with Crippen LogP contribution >= 0.6 is 0 Å². The van der Waals surface area contributed by atoms with Gasteiger partial charge < -0.3 is 15.4 Å². The average molecular weight is 355 g/mol. The minimum Gasteiger partial charge on any atom is -0.381 e. The van der Waals surface area contributed by atoms with Gasteiger partial charge in [-0.1, -0.05) is 24.3 Å². The summed E-state index contributed by atoms with van der Waals surface area (Å²) in [6.45, 7) is 5.33. The van der Waals surface area contributed by atoms with Crippen LogP contribution in [0.3, 0.4) is 0 Å². The molecule has 3 rings (SSSR count). The van der Waals surface area contributed by atoms with Gasteiger partial charge >= 0.3 is 0 Å². The van der Waals surface area contributed by atoms with Crippen molar-refractivity contribution in [3.8, 4) is 0 Å². The zero-order valence-electron chi connectivity index (χ0n) is 16.0. The van der Waals surface area contributed by atoms with Crippen molar-refractivity contribution in [3.05, 3.63) is 53.3 Å². The monoisotopic (exact) mass is 355 g/mol. The van der Waals surface area contributed by atoms with E-state index in [4.69, 9.17) is 4.74 Å². The molecule has 2 N–H and O–H groups in total. The molecule has 1 aromatic carbocycles. The summed E-state index contributed by atoms with van der Waals surface area (Å²) >= 11 is 0. The highest BCUT2D eigenvalue weighted by molar-refractivity contribution is 5.79. The Balaban J connectivity index is 1.69. The zero-order chi connectivity index (χ0) is 18.4. The standard InChI is InChI=1S/C20H29N5O/c1-16-6-4-5-7-18(16)20(9-12-26-13-10-20)15-23-19(21-2)22-14-17-8-11-24-25(17)3/h4-8,11H,9-10,12-15H2,1-3H3,(H2,21,22,23). The minimum absolute atomic E-state index is 0.0771. The number of nitrogens with zero attached hydrogens (tertiary/aromatic N) is 3. The second kappa shape index (κ2) is 8.36. The molecule has 1 saturated heterocycles. The Morgan fingerprint density at radius 2 is 2.00 bits per heavy atom. The van der Waals surface area contributed by atoms with E-state index in [0.717, 1.165) is 44.3 Å². The van der Waals surface area contributed by atoms with E-state index in [0.29, 0.717) is 6.54 Å². The van der Waals surface area contributed by atoms with E-state index in [1.807, 2.05) is 31.0 Å². The molecular formula is C20H29N5O. The van der Waals surface area contributed by atoms with Crippen LogP contribution in [0.2, 0.25) is 0 Å². The number of aryl methyl sites for hydroxylation is 2. The van der Waals surface area contributed by atoms with Crippen molar-refractivity contribution in [2.75, 3.05) is 26.8 Å². The molecule has 1 aliphatic rings. The van der Waals surface area contributed by atoms with Gasteiger partial charge in [0.2, 0.25) is 0 Å². The number of rotatable bonds is 5. The first-order valence-corrected chi connectivity index (χ1v) is 9.20. The molecule has 0 unspecified atom stereocenters. The van der Waals surface area contributed by atoms with Crippen LogP contribution in [-0.4, -0.2) is 42.5 Å². The molecule has 1 aromatic heterocycles. The van der Waals surface area contributed by atoms with Crippen LogP contribution in [0.1, 0.15) is 29.7 Å². The molecule has 1 fully saturated rings. The molecule has 6 heteroatoms. The van der Waals surface area contributed by atoms with Crippen molar-refractivity contribution < 1.29 is 4.74 Å². The summed E-state index contributed by atoms with van der Waals surface area (Å²) in [4.78, 5) is 4.38. The smallest absolute Gasteiger partial charge is 0.191 e. The first-order chi connectivity index (χ1) is 12.6. The Bertz CT molecular complexity index is 746. The predicted molar refractivity (Wildman–Crippen MR) is 104 cm³/mol. The molecule has 0 bridgehead atoms. The van der Waals surface area contributed by atoms with E-state index in [9.17, 15) is 0 Å². The molecule has 2 heterocycles. The van der Waals surface area contributed by atoms with Crippen molar-refractivity contribution in [2.45, 2.75) is 31.7 Å². The van der Waals surface area contributed by atoms with Crippen molar-refractivity contribution in [1.29, 1.82) is 0 Å². The molecule has 0 saturated carbocycles. The molecule has 1 aliphatic heterocycles. The lowest BCUT2D eigenvalue weighted by Crippen LogP contribution is -2.48. The zero-order valence-corrected chi connectivity index (χ0v) is 16.0. The van der Waals surface area contributed by atoms with Crippen molar-refractivity contribution in [3.63, 3.8) is 0 Å². The van der Waals surface area contributed by atoms with E-state index in [-0.39, 0.29) is 5.41 Å². The van der Waals surface area contributed by atoms with Gasteiger partial charge in [-0.25, -0.2) is 0 Å². The van der Waals surface area contributed by atoms with E-state index in [1.54, 1.807) is 0 Å². The topological polar surface area (TPSA) is 63.5 Å². The fraction of sp³-hybridized carbons (Fsp3) is 0.500. The molecule has 6 nitrogen and oxygen atoms in total. The Hall–Kier alpha value is -2.34. The van der Waals surface area contributed by atoms with Gasteiger partial charge in [0.05, 0.1) is 12.2 Å². The predicted octanol–water partition coefficient (Wildman–Crippen LogP) is 2.14. The number of nitrogens with one attached hydrogen (secondary N) is 2. The highest BCUT2D eigenvalue weighted by Gasteiger charge is 2.35. The van der Waals surface area contributed by atoms with E-state index in [2.05, 4.69) is 51.9 Å². The number of hydrogen-bond acceptors (Lipinski definition) is 3. The maximum absolute atomic E-state index is 5.65. The summed E-state index contributed by atoms with van der Waals surface area (Å²) in [7, 11) is 3.76. The highest BCUT2D eigenvalue weighted by Crippen LogP contribution is 2.36. The Kier molecular flexibility index (Phi) is 5.93. The summed E-state index contributed by atoms with van der Waals surface area (Å²) in [5.74, 6) is 0.811. The summed E-state index contributed by atoms with van der Waals surface area (Å²) in [5.41, 5.74) is 3.95. The van der Waals surface area contributed by atoms with Gasteiger partial charge in [-0.05, 0) is 37.0 Å². The van der Waals surface area contributed by atoms with Crippen LogP contribution in [0.25, 0.3) is 0 Å². The van der Waals surface area contributed by atoms with Gasteiger partial charge in [-0.3, -0.25) is 9.67 Å². The van der Waals surface area contributed by atoms with Gasteiger partial charge in [-0.2, -0.15) is 5.10 Å². The highest BCUT2D eigenvalue weighted by atomic mass is 16.5. The first kappa shape index (κ1) is 18.5. The fourth-order valence-electron chi connectivity index (χ4n) is 3.69. The number of aromatic nitrogens is 2. The lowest BCUT2D eigenvalue weighted by atomic mass is 9.72. The van der Waals surface area contributed by atoms with Crippen LogP contribution in [0.4, 0.5) is 0 Å². The van der Waals surface area contributed by atoms with E-state index in [1.165, 1.54) is 11.1 Å². The third kappa shape index (κ3) is 4.07. The average Bonchev–Trinajstić information content (AvgIpc) is 3.08. The Labute approximate surface area is 155 Å². The minimum atomic E-state index is 0.0771. The van der Waals surface area contributed by atoms with Gasteiger partial charge in [0.25, 0.3) is 0 Å². The maximum atomic E-state index is 5.65. The lowest BCUT2D eigenvalue weighted by molar-refractivity contribution is 0.0512. The number of hydrogen-bond donors (Lipinski definition) is 2. The van der Waals surface area contributed by atoms with Gasteiger partial charge in [0, 0.05) is 45.5 Å². The Morgan fingerprint density at radius 3 is 2.65 bits per heavy atom. The molecule has 0 aliphatic carbocycles. The molecule has 0 spiro atoms.